The molecule has 0 spiro atoms. The van der Waals surface area contributed by atoms with Crippen molar-refractivity contribution in [1.82, 2.24) is 9.80 Å². The normalized spacial score (nSPS) is 19.9. The smallest absolute Gasteiger partial charge is 0.146 e. The average Bonchev–Trinajstić information content (AvgIpc) is 2.18. The molecule has 0 radical (unpaired) electrons. The van der Waals surface area contributed by atoms with E-state index in [1.165, 1.54) is 0 Å². The zero-order valence-electron chi connectivity index (χ0n) is 9.20. The molecule has 3 heteroatoms. The number of aldehydes is 1. The Labute approximate surface area is 86.4 Å². The lowest BCUT2D eigenvalue weighted by Gasteiger charge is -2.36. The van der Waals surface area contributed by atoms with Gasteiger partial charge in [-0.3, -0.25) is 14.6 Å². The number of carbonyl (C=O) groups is 1. The number of carbonyl (C=O) groups excluding carboxylic acids is 1. The Morgan fingerprint density at radius 3 is 2.36 bits per heavy atom. The Balaban J connectivity index is 2.28. The third kappa shape index (κ3) is 3.24. The average molecular weight is 196 g/mol. The van der Waals surface area contributed by atoms with E-state index in [4.69, 9.17) is 0 Å². The minimum Gasteiger partial charge on any atom is -0.298 e. The van der Waals surface area contributed by atoms with Crippen molar-refractivity contribution in [2.24, 2.45) is 0 Å². The van der Waals surface area contributed by atoms with E-state index < -0.39 is 0 Å². The third-order valence-corrected chi connectivity index (χ3v) is 2.73. The van der Waals surface area contributed by atoms with E-state index in [9.17, 15) is 4.79 Å². The van der Waals surface area contributed by atoms with Crippen molar-refractivity contribution < 1.29 is 4.79 Å². The van der Waals surface area contributed by atoms with E-state index in [0.29, 0.717) is 11.6 Å². The second-order valence-electron chi connectivity index (χ2n) is 4.18. The van der Waals surface area contributed by atoms with Crippen LogP contribution in [0.5, 0.6) is 0 Å². The molecule has 1 aliphatic heterocycles. The molecular formula is C11H20N2O. The van der Waals surface area contributed by atoms with E-state index in [1.807, 2.05) is 0 Å². The Hall–Kier alpha value is -0.670. The van der Waals surface area contributed by atoms with Crippen LogP contribution in [0, 0.1) is 0 Å². The number of piperazine rings is 1. The van der Waals surface area contributed by atoms with E-state index in [-0.39, 0.29) is 0 Å². The summed E-state index contributed by atoms with van der Waals surface area (Å²) >= 11 is 0. The predicted molar refractivity (Wildman–Crippen MR) is 58.4 cm³/mol. The molecule has 0 aliphatic carbocycles. The highest BCUT2D eigenvalue weighted by Gasteiger charge is 2.18. The first-order valence-electron chi connectivity index (χ1n) is 5.23. The number of hydrogen-bond acceptors (Lipinski definition) is 3. The van der Waals surface area contributed by atoms with E-state index in [1.54, 1.807) is 0 Å². The molecule has 0 aromatic carbocycles. The molecule has 0 amide bonds. The predicted octanol–water partition coefficient (Wildman–Crippen LogP) is 0.767. The van der Waals surface area contributed by atoms with Gasteiger partial charge in [0.05, 0.1) is 0 Å². The molecule has 1 rings (SSSR count). The molecule has 0 N–H and O–H groups in total. The summed E-state index contributed by atoms with van der Waals surface area (Å²) in [5.74, 6) is 0. The summed E-state index contributed by atoms with van der Waals surface area (Å²) in [6.45, 7) is 13.2. The SMILES string of the molecule is C=C(C=O)CN1CCN(C(C)C)CC1. The van der Waals surface area contributed by atoms with Gasteiger partial charge in [-0.1, -0.05) is 6.58 Å². The van der Waals surface area contributed by atoms with Crippen LogP contribution in [-0.2, 0) is 4.79 Å². The van der Waals surface area contributed by atoms with E-state index in [0.717, 1.165) is 39.0 Å². The maximum Gasteiger partial charge on any atom is 0.146 e. The molecule has 80 valence electrons. The van der Waals surface area contributed by atoms with Gasteiger partial charge in [-0.05, 0) is 19.4 Å². The second-order valence-corrected chi connectivity index (χ2v) is 4.18. The quantitative estimate of drug-likeness (QED) is 0.490. The van der Waals surface area contributed by atoms with Gasteiger partial charge in [0.2, 0.25) is 0 Å². The molecule has 3 nitrogen and oxygen atoms in total. The topological polar surface area (TPSA) is 23.6 Å². The fourth-order valence-electron chi connectivity index (χ4n) is 1.76. The van der Waals surface area contributed by atoms with Crippen molar-refractivity contribution in [2.45, 2.75) is 19.9 Å². The van der Waals surface area contributed by atoms with Gasteiger partial charge >= 0.3 is 0 Å². The fourth-order valence-corrected chi connectivity index (χ4v) is 1.76. The summed E-state index contributed by atoms with van der Waals surface area (Å²) in [5, 5.41) is 0. The van der Waals surface area contributed by atoms with Crippen molar-refractivity contribution in [3.05, 3.63) is 12.2 Å². The van der Waals surface area contributed by atoms with Crippen LogP contribution < -0.4 is 0 Å². The fraction of sp³-hybridized carbons (Fsp3) is 0.727. The highest BCUT2D eigenvalue weighted by Crippen LogP contribution is 2.06. The highest BCUT2D eigenvalue weighted by molar-refractivity contribution is 5.72. The van der Waals surface area contributed by atoms with Gasteiger partial charge in [-0.25, -0.2) is 0 Å². The lowest BCUT2D eigenvalue weighted by molar-refractivity contribution is -0.105. The van der Waals surface area contributed by atoms with Crippen molar-refractivity contribution in [2.75, 3.05) is 32.7 Å². The van der Waals surface area contributed by atoms with Crippen LogP contribution in [0.2, 0.25) is 0 Å². The second kappa shape index (κ2) is 5.27. The van der Waals surface area contributed by atoms with E-state index in [2.05, 4.69) is 30.2 Å². The molecule has 0 saturated carbocycles. The summed E-state index contributed by atoms with van der Waals surface area (Å²) in [4.78, 5) is 15.2. The highest BCUT2D eigenvalue weighted by atomic mass is 16.1. The maximum absolute atomic E-state index is 10.4. The van der Waals surface area contributed by atoms with Crippen LogP contribution in [0.1, 0.15) is 13.8 Å². The van der Waals surface area contributed by atoms with Gasteiger partial charge in [-0.2, -0.15) is 0 Å². The zero-order chi connectivity index (χ0) is 10.6. The molecule has 0 aromatic heterocycles. The first-order valence-corrected chi connectivity index (χ1v) is 5.23. The lowest BCUT2D eigenvalue weighted by Crippen LogP contribution is -2.49. The van der Waals surface area contributed by atoms with Gasteiger partial charge in [-0.15, -0.1) is 0 Å². The summed E-state index contributed by atoms with van der Waals surface area (Å²) < 4.78 is 0. The first kappa shape index (κ1) is 11.4. The Morgan fingerprint density at radius 1 is 1.36 bits per heavy atom. The molecule has 1 saturated heterocycles. The van der Waals surface area contributed by atoms with Crippen LogP contribution in [0.3, 0.4) is 0 Å². The zero-order valence-corrected chi connectivity index (χ0v) is 9.20. The summed E-state index contributed by atoms with van der Waals surface area (Å²) in [6.07, 6.45) is 0.856. The molecule has 1 fully saturated rings. The molecule has 0 bridgehead atoms. The van der Waals surface area contributed by atoms with E-state index >= 15 is 0 Å². The van der Waals surface area contributed by atoms with Crippen LogP contribution >= 0.6 is 0 Å². The maximum atomic E-state index is 10.4. The van der Waals surface area contributed by atoms with Gasteiger partial charge in [0, 0.05) is 38.8 Å². The Kier molecular flexibility index (Phi) is 4.29. The van der Waals surface area contributed by atoms with Gasteiger partial charge < -0.3 is 0 Å². The number of rotatable bonds is 4. The van der Waals surface area contributed by atoms with Gasteiger partial charge in [0.15, 0.2) is 0 Å². The number of nitrogens with zero attached hydrogens (tertiary/aromatic N) is 2. The van der Waals surface area contributed by atoms with Crippen LogP contribution in [-0.4, -0.2) is 54.9 Å². The lowest BCUT2D eigenvalue weighted by atomic mass is 10.2. The molecule has 0 atom stereocenters. The minimum atomic E-state index is 0.631. The minimum absolute atomic E-state index is 0.631. The van der Waals surface area contributed by atoms with Gasteiger partial charge in [0.25, 0.3) is 0 Å². The van der Waals surface area contributed by atoms with Crippen LogP contribution in [0.4, 0.5) is 0 Å². The van der Waals surface area contributed by atoms with Crippen molar-refractivity contribution in [3.8, 4) is 0 Å². The first-order chi connectivity index (χ1) is 6.63. The molecule has 0 unspecified atom stereocenters. The summed E-state index contributed by atoms with van der Waals surface area (Å²) in [6, 6.07) is 0.631. The molecular weight excluding hydrogens is 176 g/mol. The molecule has 14 heavy (non-hydrogen) atoms. The van der Waals surface area contributed by atoms with Crippen LogP contribution in [0.25, 0.3) is 0 Å². The van der Waals surface area contributed by atoms with Crippen LogP contribution in [0.15, 0.2) is 12.2 Å². The van der Waals surface area contributed by atoms with Gasteiger partial charge in [0.1, 0.15) is 6.29 Å². The Morgan fingerprint density at radius 2 is 1.93 bits per heavy atom. The van der Waals surface area contributed by atoms with Crippen molar-refractivity contribution in [1.29, 1.82) is 0 Å². The van der Waals surface area contributed by atoms with Crippen molar-refractivity contribution >= 4 is 6.29 Å². The monoisotopic (exact) mass is 196 g/mol. The Bertz CT molecular complexity index is 205. The number of hydrogen-bond donors (Lipinski definition) is 0. The van der Waals surface area contributed by atoms with Crippen molar-refractivity contribution in [3.63, 3.8) is 0 Å². The molecule has 1 heterocycles. The standard InChI is InChI=1S/C11H20N2O/c1-10(2)13-6-4-12(5-7-13)8-11(3)9-14/h9-10H,3-8H2,1-2H3. The largest absolute Gasteiger partial charge is 0.298 e. The third-order valence-electron chi connectivity index (χ3n) is 2.73. The molecule has 0 aromatic rings. The molecule has 1 aliphatic rings. The summed E-state index contributed by atoms with van der Waals surface area (Å²) in [7, 11) is 0. The summed E-state index contributed by atoms with van der Waals surface area (Å²) in [5.41, 5.74) is 0.683.